The van der Waals surface area contributed by atoms with Gasteiger partial charge in [-0.05, 0) is 42.5 Å². The van der Waals surface area contributed by atoms with Crippen LogP contribution >= 0.6 is 0 Å². The van der Waals surface area contributed by atoms with Gasteiger partial charge in [0.2, 0.25) is 0 Å². The Labute approximate surface area is 173 Å². The van der Waals surface area contributed by atoms with Gasteiger partial charge in [0.25, 0.3) is 0 Å². The van der Waals surface area contributed by atoms with Crippen LogP contribution in [0.5, 0.6) is 17.2 Å². The number of esters is 1. The van der Waals surface area contributed by atoms with Crippen LogP contribution < -0.4 is 14.2 Å². The standard InChI is InChI=1S/C24H19FO5/c1-28-17-12-13-18(21(26)14-11-16-7-3-5-9-20(16)25)23(15-17)30-24(27)19-8-4-6-10-22(19)29-2/h3-15H,1-2H3. The van der Waals surface area contributed by atoms with Crippen LogP contribution in [0.1, 0.15) is 26.3 Å². The molecule has 0 aliphatic carbocycles. The molecule has 30 heavy (non-hydrogen) atoms. The quantitative estimate of drug-likeness (QED) is 0.240. The number of carbonyl (C=O) groups is 2. The van der Waals surface area contributed by atoms with Crippen molar-refractivity contribution in [2.45, 2.75) is 0 Å². The molecule has 0 radical (unpaired) electrons. The Hall–Kier alpha value is -3.93. The highest BCUT2D eigenvalue weighted by Crippen LogP contribution is 2.28. The number of rotatable bonds is 7. The van der Waals surface area contributed by atoms with E-state index >= 15 is 0 Å². The van der Waals surface area contributed by atoms with Crippen LogP contribution in [0, 0.1) is 5.82 Å². The van der Waals surface area contributed by atoms with Crippen LogP contribution in [-0.2, 0) is 0 Å². The first kappa shape index (κ1) is 20.8. The van der Waals surface area contributed by atoms with E-state index in [-0.39, 0.29) is 22.4 Å². The van der Waals surface area contributed by atoms with Gasteiger partial charge in [-0.2, -0.15) is 0 Å². The Morgan fingerprint density at radius 2 is 1.57 bits per heavy atom. The van der Waals surface area contributed by atoms with Crippen molar-refractivity contribution in [3.05, 3.63) is 95.3 Å². The highest BCUT2D eigenvalue weighted by molar-refractivity contribution is 6.09. The number of benzene rings is 3. The lowest BCUT2D eigenvalue weighted by Gasteiger charge is -2.12. The third kappa shape index (κ3) is 4.72. The molecule has 5 nitrogen and oxygen atoms in total. The van der Waals surface area contributed by atoms with Gasteiger partial charge >= 0.3 is 5.97 Å². The van der Waals surface area contributed by atoms with Crippen LogP contribution in [-0.4, -0.2) is 26.0 Å². The van der Waals surface area contributed by atoms with Crippen LogP contribution in [0.15, 0.2) is 72.8 Å². The summed E-state index contributed by atoms with van der Waals surface area (Å²) in [7, 11) is 2.90. The maximum absolute atomic E-state index is 13.8. The summed E-state index contributed by atoms with van der Waals surface area (Å²) >= 11 is 0. The molecule has 0 unspecified atom stereocenters. The second-order valence-corrected chi connectivity index (χ2v) is 6.17. The molecule has 0 bridgehead atoms. The van der Waals surface area contributed by atoms with Crippen LogP contribution in [0.25, 0.3) is 6.08 Å². The zero-order valence-electron chi connectivity index (χ0n) is 16.4. The molecule has 0 atom stereocenters. The third-order valence-electron chi connectivity index (χ3n) is 4.30. The Morgan fingerprint density at radius 1 is 0.833 bits per heavy atom. The van der Waals surface area contributed by atoms with E-state index in [1.165, 1.54) is 44.6 Å². The van der Waals surface area contributed by atoms with Gasteiger partial charge in [-0.25, -0.2) is 9.18 Å². The topological polar surface area (TPSA) is 61.8 Å². The first-order chi connectivity index (χ1) is 14.5. The van der Waals surface area contributed by atoms with Crippen LogP contribution in [0.2, 0.25) is 0 Å². The number of halogens is 1. The van der Waals surface area contributed by atoms with Gasteiger partial charge in [-0.15, -0.1) is 0 Å². The summed E-state index contributed by atoms with van der Waals surface area (Å²) < 4.78 is 29.6. The lowest BCUT2D eigenvalue weighted by molar-refractivity contribution is 0.0729. The van der Waals surface area contributed by atoms with Gasteiger partial charge in [0.05, 0.1) is 19.8 Å². The van der Waals surface area contributed by atoms with Crippen molar-refractivity contribution in [2.75, 3.05) is 14.2 Å². The lowest BCUT2D eigenvalue weighted by Crippen LogP contribution is -2.12. The molecule has 0 saturated heterocycles. The molecule has 0 spiro atoms. The molecule has 0 fully saturated rings. The molecule has 0 aromatic heterocycles. The van der Waals surface area contributed by atoms with Crippen molar-refractivity contribution in [3.63, 3.8) is 0 Å². The molecule has 0 saturated carbocycles. The van der Waals surface area contributed by atoms with Gasteiger partial charge in [0, 0.05) is 11.6 Å². The largest absolute Gasteiger partial charge is 0.497 e. The molecule has 0 N–H and O–H groups in total. The molecule has 0 heterocycles. The van der Waals surface area contributed by atoms with E-state index in [4.69, 9.17) is 14.2 Å². The Kier molecular flexibility index (Phi) is 6.60. The van der Waals surface area contributed by atoms with E-state index in [0.29, 0.717) is 11.5 Å². The van der Waals surface area contributed by atoms with E-state index in [1.54, 1.807) is 48.5 Å². The lowest BCUT2D eigenvalue weighted by atomic mass is 10.1. The number of methoxy groups -OCH3 is 2. The maximum Gasteiger partial charge on any atom is 0.347 e. The third-order valence-corrected chi connectivity index (χ3v) is 4.30. The minimum atomic E-state index is -0.687. The zero-order chi connectivity index (χ0) is 21.5. The molecule has 3 aromatic rings. The smallest absolute Gasteiger partial charge is 0.347 e. The van der Waals surface area contributed by atoms with E-state index in [0.717, 1.165) is 0 Å². The summed E-state index contributed by atoms with van der Waals surface area (Å²) in [6.07, 6.45) is 2.59. The number of allylic oxidation sites excluding steroid dienone is 1. The van der Waals surface area contributed by atoms with Crippen LogP contribution in [0.4, 0.5) is 4.39 Å². The SMILES string of the molecule is COc1ccc(C(=O)C=Cc2ccccc2F)c(OC(=O)c2ccccc2OC)c1. The molecule has 0 aliphatic heterocycles. The van der Waals surface area contributed by atoms with Gasteiger partial charge in [0.15, 0.2) is 5.78 Å². The van der Waals surface area contributed by atoms with Crippen molar-refractivity contribution in [2.24, 2.45) is 0 Å². The van der Waals surface area contributed by atoms with Crippen molar-refractivity contribution < 1.29 is 28.2 Å². The highest BCUT2D eigenvalue weighted by Gasteiger charge is 2.19. The molecular weight excluding hydrogens is 387 g/mol. The van der Waals surface area contributed by atoms with Gasteiger partial charge in [-0.1, -0.05) is 30.3 Å². The average Bonchev–Trinajstić information content (AvgIpc) is 2.78. The fourth-order valence-electron chi connectivity index (χ4n) is 2.75. The fraction of sp³-hybridized carbons (Fsp3) is 0.0833. The zero-order valence-corrected chi connectivity index (χ0v) is 16.4. The van der Waals surface area contributed by atoms with E-state index in [9.17, 15) is 14.0 Å². The average molecular weight is 406 g/mol. The van der Waals surface area contributed by atoms with Gasteiger partial charge in [-0.3, -0.25) is 4.79 Å². The molecule has 152 valence electrons. The second kappa shape index (κ2) is 9.52. The summed E-state index contributed by atoms with van der Waals surface area (Å²) in [4.78, 5) is 25.4. The van der Waals surface area contributed by atoms with E-state index in [1.807, 2.05) is 0 Å². The highest BCUT2D eigenvalue weighted by atomic mass is 19.1. The summed E-state index contributed by atoms with van der Waals surface area (Å²) in [6, 6.07) is 17.2. The van der Waals surface area contributed by atoms with Crippen molar-refractivity contribution in [1.29, 1.82) is 0 Å². The summed E-state index contributed by atoms with van der Waals surface area (Å²) in [6.45, 7) is 0. The van der Waals surface area contributed by atoms with Gasteiger partial charge in [0.1, 0.15) is 28.6 Å². The van der Waals surface area contributed by atoms with Crippen molar-refractivity contribution >= 4 is 17.8 Å². The second-order valence-electron chi connectivity index (χ2n) is 6.17. The molecule has 3 rings (SSSR count). The number of ketones is 1. The first-order valence-corrected chi connectivity index (χ1v) is 9.03. The fourth-order valence-corrected chi connectivity index (χ4v) is 2.75. The monoisotopic (exact) mass is 406 g/mol. The normalized spacial score (nSPS) is 10.6. The Morgan fingerprint density at radius 3 is 2.30 bits per heavy atom. The number of para-hydroxylation sites is 1. The van der Waals surface area contributed by atoms with Crippen molar-refractivity contribution in [3.8, 4) is 17.2 Å². The van der Waals surface area contributed by atoms with Gasteiger partial charge < -0.3 is 14.2 Å². The summed E-state index contributed by atoms with van der Waals surface area (Å²) in [5.74, 6) is -0.811. The summed E-state index contributed by atoms with van der Waals surface area (Å²) in [5.41, 5.74) is 0.613. The Balaban J connectivity index is 1.91. The number of carbonyl (C=O) groups excluding carboxylic acids is 2. The minimum absolute atomic E-state index is 0.0217. The molecule has 0 aliphatic rings. The molecular formula is C24H19FO5. The van der Waals surface area contributed by atoms with Crippen LogP contribution in [0.3, 0.4) is 0 Å². The predicted octanol–water partition coefficient (Wildman–Crippen LogP) is 4.96. The molecule has 6 heteroatoms. The first-order valence-electron chi connectivity index (χ1n) is 9.03. The number of hydrogen-bond donors (Lipinski definition) is 0. The Bertz CT molecular complexity index is 1100. The van der Waals surface area contributed by atoms with Crippen molar-refractivity contribution in [1.82, 2.24) is 0 Å². The van der Waals surface area contributed by atoms with E-state index in [2.05, 4.69) is 0 Å². The van der Waals surface area contributed by atoms with E-state index < -0.39 is 17.6 Å². The number of ether oxygens (including phenoxy) is 3. The predicted molar refractivity (Wildman–Crippen MR) is 111 cm³/mol. The molecule has 3 aromatic carbocycles. The minimum Gasteiger partial charge on any atom is -0.497 e. The number of hydrogen-bond acceptors (Lipinski definition) is 5. The molecule has 0 amide bonds. The maximum atomic E-state index is 13.8. The summed E-state index contributed by atoms with van der Waals surface area (Å²) in [5, 5.41) is 0.